The smallest absolute Gasteiger partial charge is 0.280 e. The van der Waals surface area contributed by atoms with Gasteiger partial charge < -0.3 is 11.5 Å². The van der Waals surface area contributed by atoms with Gasteiger partial charge in [0.1, 0.15) is 11.6 Å². The van der Waals surface area contributed by atoms with E-state index in [4.69, 9.17) is 23.1 Å². The molecule has 0 aliphatic rings. The van der Waals surface area contributed by atoms with Crippen molar-refractivity contribution in [1.29, 1.82) is 0 Å². The Labute approximate surface area is 146 Å². The number of carbonyl (C=O) groups is 1. The van der Waals surface area contributed by atoms with Crippen LogP contribution in [0.15, 0.2) is 53.5 Å². The lowest BCUT2D eigenvalue weighted by atomic mass is 9.96. The quantitative estimate of drug-likeness (QED) is 0.538. The second-order valence-electron chi connectivity index (χ2n) is 5.33. The molecule has 0 spiro atoms. The normalized spacial score (nSPS) is 10.7. The molecule has 0 unspecified atom stereocenters. The number of nitrogens with zero attached hydrogens (tertiary/aromatic N) is 1. The van der Waals surface area contributed by atoms with E-state index in [1.165, 1.54) is 0 Å². The number of halogens is 3. The maximum atomic E-state index is 14.3. The van der Waals surface area contributed by atoms with Gasteiger partial charge in [-0.1, -0.05) is 35.9 Å². The lowest BCUT2D eigenvalue weighted by Gasteiger charge is -2.11. The van der Waals surface area contributed by atoms with Crippen LogP contribution in [-0.4, -0.2) is 11.9 Å². The minimum absolute atomic E-state index is 0.0557. The molecule has 0 heterocycles. The Morgan fingerprint density at radius 1 is 1.04 bits per heavy atom. The number of fused-ring (bicyclic) bond motifs is 1. The van der Waals surface area contributed by atoms with Crippen molar-refractivity contribution in [2.75, 3.05) is 0 Å². The first-order chi connectivity index (χ1) is 11.9. The van der Waals surface area contributed by atoms with E-state index < -0.39 is 17.5 Å². The molecule has 0 saturated carbocycles. The summed E-state index contributed by atoms with van der Waals surface area (Å²) in [6, 6.07) is 11.7. The zero-order valence-corrected chi connectivity index (χ0v) is 13.5. The molecule has 0 bridgehead atoms. The fourth-order valence-electron chi connectivity index (χ4n) is 2.60. The molecule has 0 saturated heterocycles. The number of hydrogen-bond acceptors (Lipinski definition) is 1. The summed E-state index contributed by atoms with van der Waals surface area (Å²) in [5.41, 5.74) is 11.2. The minimum atomic E-state index is -0.793. The first kappa shape index (κ1) is 16.9. The predicted octanol–water partition coefficient (Wildman–Crippen LogP) is 3.85. The number of amides is 1. The van der Waals surface area contributed by atoms with E-state index in [0.717, 1.165) is 17.5 Å². The molecule has 3 aromatic rings. The third-order valence-electron chi connectivity index (χ3n) is 3.64. The van der Waals surface area contributed by atoms with Crippen LogP contribution in [0.1, 0.15) is 10.4 Å². The van der Waals surface area contributed by atoms with Crippen molar-refractivity contribution in [3.63, 3.8) is 0 Å². The van der Waals surface area contributed by atoms with Crippen LogP contribution in [0.25, 0.3) is 21.9 Å². The van der Waals surface area contributed by atoms with Crippen molar-refractivity contribution in [1.82, 2.24) is 0 Å². The number of benzene rings is 3. The molecule has 0 fully saturated rings. The molecular formula is C18H12ClF2N3O. The van der Waals surface area contributed by atoms with Crippen molar-refractivity contribution in [3.8, 4) is 11.1 Å². The average Bonchev–Trinajstić information content (AvgIpc) is 2.53. The molecule has 0 atom stereocenters. The van der Waals surface area contributed by atoms with E-state index in [0.29, 0.717) is 10.9 Å². The zero-order chi connectivity index (χ0) is 18.1. The van der Waals surface area contributed by atoms with Crippen LogP contribution in [0.4, 0.5) is 8.78 Å². The molecule has 3 aromatic carbocycles. The summed E-state index contributed by atoms with van der Waals surface area (Å²) < 4.78 is 27.6. The van der Waals surface area contributed by atoms with Gasteiger partial charge in [-0.15, -0.1) is 0 Å². The predicted molar refractivity (Wildman–Crippen MR) is 94.5 cm³/mol. The van der Waals surface area contributed by atoms with Gasteiger partial charge in [-0.25, -0.2) is 8.78 Å². The van der Waals surface area contributed by atoms with E-state index in [9.17, 15) is 13.6 Å². The van der Waals surface area contributed by atoms with E-state index in [2.05, 4.69) is 4.99 Å². The molecule has 25 heavy (non-hydrogen) atoms. The number of aliphatic imine (C=N–C) groups is 1. The monoisotopic (exact) mass is 359 g/mol. The molecule has 4 N–H and O–H groups in total. The number of carbonyl (C=O) groups excluding carboxylic acids is 1. The van der Waals surface area contributed by atoms with Crippen LogP contribution in [0.5, 0.6) is 0 Å². The fraction of sp³-hybridized carbons (Fsp3) is 0. The summed E-state index contributed by atoms with van der Waals surface area (Å²) in [6.07, 6.45) is 0. The lowest BCUT2D eigenvalue weighted by molar-refractivity contribution is 0.100. The maximum absolute atomic E-state index is 14.3. The van der Waals surface area contributed by atoms with E-state index in [1.807, 2.05) is 0 Å². The Kier molecular flexibility index (Phi) is 4.37. The minimum Gasteiger partial charge on any atom is -0.370 e. The third kappa shape index (κ3) is 3.29. The van der Waals surface area contributed by atoms with Gasteiger partial charge in [0.2, 0.25) is 0 Å². The van der Waals surface area contributed by atoms with Gasteiger partial charge >= 0.3 is 0 Å². The average molecular weight is 360 g/mol. The van der Waals surface area contributed by atoms with E-state index in [-0.39, 0.29) is 22.1 Å². The van der Waals surface area contributed by atoms with E-state index >= 15 is 0 Å². The molecule has 0 aromatic heterocycles. The molecular weight excluding hydrogens is 348 g/mol. The first-order valence-electron chi connectivity index (χ1n) is 7.18. The van der Waals surface area contributed by atoms with Crippen LogP contribution in [0, 0.1) is 11.6 Å². The Morgan fingerprint density at radius 3 is 2.48 bits per heavy atom. The van der Waals surface area contributed by atoms with E-state index in [1.54, 1.807) is 36.4 Å². The molecule has 1 amide bonds. The summed E-state index contributed by atoms with van der Waals surface area (Å²) in [4.78, 5) is 15.5. The van der Waals surface area contributed by atoms with Crippen molar-refractivity contribution in [2.24, 2.45) is 16.5 Å². The molecule has 0 aliphatic heterocycles. The van der Waals surface area contributed by atoms with Crippen molar-refractivity contribution < 1.29 is 13.6 Å². The highest BCUT2D eigenvalue weighted by molar-refractivity contribution is 6.33. The summed E-state index contributed by atoms with van der Waals surface area (Å²) in [6.45, 7) is 0. The van der Waals surface area contributed by atoms with Crippen molar-refractivity contribution >= 4 is 34.2 Å². The Morgan fingerprint density at radius 2 is 1.80 bits per heavy atom. The summed E-state index contributed by atoms with van der Waals surface area (Å²) in [7, 11) is 0. The van der Waals surface area contributed by atoms with Gasteiger partial charge in [-0.05, 0) is 34.5 Å². The van der Waals surface area contributed by atoms with Crippen LogP contribution >= 0.6 is 11.6 Å². The second kappa shape index (κ2) is 6.49. The van der Waals surface area contributed by atoms with Crippen LogP contribution in [0.2, 0.25) is 5.02 Å². The van der Waals surface area contributed by atoms with Gasteiger partial charge in [-0.3, -0.25) is 4.79 Å². The van der Waals surface area contributed by atoms with Crippen molar-refractivity contribution in [3.05, 3.63) is 70.8 Å². The summed E-state index contributed by atoms with van der Waals surface area (Å²) in [5.74, 6) is -2.54. The molecule has 0 radical (unpaired) electrons. The number of hydrogen-bond donors (Lipinski definition) is 2. The van der Waals surface area contributed by atoms with Crippen LogP contribution in [-0.2, 0) is 0 Å². The number of nitrogens with two attached hydrogens (primary N) is 2. The second-order valence-corrected chi connectivity index (χ2v) is 5.73. The topological polar surface area (TPSA) is 81.5 Å². The first-order valence-corrected chi connectivity index (χ1v) is 7.56. The third-order valence-corrected chi connectivity index (χ3v) is 3.93. The highest BCUT2D eigenvalue weighted by Crippen LogP contribution is 2.36. The zero-order valence-electron chi connectivity index (χ0n) is 12.8. The van der Waals surface area contributed by atoms with Gasteiger partial charge in [0.15, 0.2) is 5.96 Å². The molecule has 4 nitrogen and oxygen atoms in total. The summed E-state index contributed by atoms with van der Waals surface area (Å²) in [5, 5.41) is 1.25. The van der Waals surface area contributed by atoms with Gasteiger partial charge in [0, 0.05) is 17.2 Å². The van der Waals surface area contributed by atoms with Crippen LogP contribution < -0.4 is 11.5 Å². The molecule has 7 heteroatoms. The highest BCUT2D eigenvalue weighted by atomic mass is 35.5. The molecule has 126 valence electrons. The Hall–Kier alpha value is -2.99. The number of rotatable bonds is 2. The standard InChI is InChI=1S/C18H12ClF2N3O/c19-14-7-11(20)8-15(21)16(14)12-3-1-2-9-4-5-10(6-13(9)12)17(25)24-18(22)23/h1-8H,(H4,22,23,24,25). The van der Waals surface area contributed by atoms with Gasteiger partial charge in [0.25, 0.3) is 5.91 Å². The fourth-order valence-corrected chi connectivity index (χ4v) is 2.90. The highest BCUT2D eigenvalue weighted by Gasteiger charge is 2.16. The molecule has 0 aliphatic carbocycles. The Bertz CT molecular complexity index is 1010. The maximum Gasteiger partial charge on any atom is 0.280 e. The molecule has 3 rings (SSSR count). The van der Waals surface area contributed by atoms with Gasteiger partial charge in [-0.2, -0.15) is 4.99 Å². The van der Waals surface area contributed by atoms with Gasteiger partial charge in [0.05, 0.1) is 5.02 Å². The Balaban J connectivity index is 2.27. The van der Waals surface area contributed by atoms with Crippen LogP contribution in [0.3, 0.4) is 0 Å². The summed E-state index contributed by atoms with van der Waals surface area (Å²) >= 11 is 6.04. The number of guanidine groups is 1. The SMILES string of the molecule is NC(N)=NC(=O)c1ccc2cccc(-c3c(F)cc(F)cc3Cl)c2c1. The lowest BCUT2D eigenvalue weighted by Crippen LogP contribution is -2.24. The largest absolute Gasteiger partial charge is 0.370 e. The van der Waals surface area contributed by atoms with Crippen molar-refractivity contribution in [2.45, 2.75) is 0 Å².